The van der Waals surface area contributed by atoms with Crippen molar-refractivity contribution < 1.29 is 19.1 Å². The van der Waals surface area contributed by atoms with Gasteiger partial charge in [0.2, 0.25) is 0 Å². The van der Waals surface area contributed by atoms with Crippen molar-refractivity contribution in [1.29, 1.82) is 0 Å². The molecule has 2 N–H and O–H groups in total. The second-order valence-electron chi connectivity index (χ2n) is 6.41. The summed E-state index contributed by atoms with van der Waals surface area (Å²) in [5.41, 5.74) is 4.28. The van der Waals surface area contributed by atoms with E-state index in [4.69, 9.17) is 16.3 Å². The van der Waals surface area contributed by atoms with Gasteiger partial charge >= 0.3 is 17.8 Å². The summed E-state index contributed by atoms with van der Waals surface area (Å²) in [7, 11) is 0. The SMILES string of the molecule is Cc1ccccc1C(=O)Oc1cccc(C=NNC(=O)C(=O)Nc2ccccc2Cl)c1. The molecule has 0 saturated heterocycles. The number of hydrazone groups is 1. The zero-order valence-electron chi connectivity index (χ0n) is 16.5. The number of esters is 1. The van der Waals surface area contributed by atoms with E-state index in [0.29, 0.717) is 27.6 Å². The first kappa shape index (κ1) is 21.7. The zero-order valence-corrected chi connectivity index (χ0v) is 17.2. The van der Waals surface area contributed by atoms with Crippen LogP contribution in [0.15, 0.2) is 77.9 Å². The first-order valence-electron chi connectivity index (χ1n) is 9.21. The number of hydrogen-bond donors (Lipinski definition) is 2. The second kappa shape index (κ2) is 10.2. The van der Waals surface area contributed by atoms with Crippen LogP contribution in [-0.2, 0) is 9.59 Å². The van der Waals surface area contributed by atoms with Gasteiger partial charge in [-0.05, 0) is 48.4 Å². The molecule has 0 aromatic heterocycles. The maximum absolute atomic E-state index is 12.3. The summed E-state index contributed by atoms with van der Waals surface area (Å²) in [6.07, 6.45) is 1.33. The van der Waals surface area contributed by atoms with Gasteiger partial charge in [0, 0.05) is 0 Å². The first-order valence-corrected chi connectivity index (χ1v) is 9.58. The Morgan fingerprint density at radius 1 is 0.935 bits per heavy atom. The highest BCUT2D eigenvalue weighted by Gasteiger charge is 2.14. The fourth-order valence-corrected chi connectivity index (χ4v) is 2.76. The van der Waals surface area contributed by atoms with Crippen molar-refractivity contribution in [3.63, 3.8) is 0 Å². The summed E-state index contributed by atoms with van der Waals surface area (Å²) >= 11 is 5.94. The number of hydrogen-bond acceptors (Lipinski definition) is 5. The molecule has 0 unspecified atom stereocenters. The summed E-state index contributed by atoms with van der Waals surface area (Å²) < 4.78 is 5.40. The normalized spacial score (nSPS) is 10.5. The number of benzene rings is 3. The standard InChI is InChI=1S/C23H18ClN3O4/c1-15-7-2-3-10-18(15)23(30)31-17-9-6-8-16(13-17)14-25-27-22(29)21(28)26-20-12-5-4-11-19(20)24/h2-14H,1H3,(H,26,28)(H,27,29). The smallest absolute Gasteiger partial charge is 0.343 e. The highest BCUT2D eigenvalue weighted by molar-refractivity contribution is 6.41. The van der Waals surface area contributed by atoms with E-state index in [1.165, 1.54) is 6.21 Å². The van der Waals surface area contributed by atoms with Crippen molar-refractivity contribution in [1.82, 2.24) is 5.43 Å². The number of nitrogens with zero attached hydrogens (tertiary/aromatic N) is 1. The first-order chi connectivity index (χ1) is 14.9. The molecule has 31 heavy (non-hydrogen) atoms. The van der Waals surface area contributed by atoms with Gasteiger partial charge < -0.3 is 10.1 Å². The van der Waals surface area contributed by atoms with Gasteiger partial charge in [-0.25, -0.2) is 10.2 Å². The third kappa shape index (κ3) is 6.01. The van der Waals surface area contributed by atoms with Crippen molar-refractivity contribution in [3.05, 3.63) is 94.5 Å². The van der Waals surface area contributed by atoms with Crippen LogP contribution in [0.2, 0.25) is 5.02 Å². The van der Waals surface area contributed by atoms with Gasteiger partial charge in [0.1, 0.15) is 5.75 Å². The summed E-state index contributed by atoms with van der Waals surface area (Å²) in [6, 6.07) is 20.2. The Labute approximate surface area is 183 Å². The molecule has 0 atom stereocenters. The molecule has 7 nitrogen and oxygen atoms in total. The number of carbonyl (C=O) groups excluding carboxylic acids is 3. The quantitative estimate of drug-likeness (QED) is 0.208. The van der Waals surface area contributed by atoms with Gasteiger partial charge in [-0.1, -0.05) is 54.1 Å². The number of carbonyl (C=O) groups is 3. The lowest BCUT2D eigenvalue weighted by Gasteiger charge is -2.07. The van der Waals surface area contributed by atoms with Crippen LogP contribution in [0.1, 0.15) is 21.5 Å². The van der Waals surface area contributed by atoms with E-state index >= 15 is 0 Å². The highest BCUT2D eigenvalue weighted by Crippen LogP contribution is 2.20. The molecular weight excluding hydrogens is 418 g/mol. The Bertz CT molecular complexity index is 1160. The van der Waals surface area contributed by atoms with Gasteiger partial charge in [0.05, 0.1) is 22.5 Å². The van der Waals surface area contributed by atoms with Crippen LogP contribution in [0.5, 0.6) is 5.75 Å². The Hall–Kier alpha value is -3.97. The van der Waals surface area contributed by atoms with Crippen LogP contribution in [0.4, 0.5) is 5.69 Å². The van der Waals surface area contributed by atoms with Crippen LogP contribution < -0.4 is 15.5 Å². The van der Waals surface area contributed by atoms with Crippen molar-refractivity contribution >= 4 is 41.3 Å². The number of nitrogens with one attached hydrogen (secondary N) is 2. The van der Waals surface area contributed by atoms with E-state index in [9.17, 15) is 14.4 Å². The number of amides is 2. The predicted octanol–water partition coefficient (Wildman–Crippen LogP) is 3.96. The number of rotatable bonds is 5. The molecule has 3 aromatic rings. The molecule has 0 saturated carbocycles. The molecule has 0 radical (unpaired) electrons. The maximum atomic E-state index is 12.3. The Morgan fingerprint density at radius 3 is 2.45 bits per heavy atom. The van der Waals surface area contributed by atoms with Crippen LogP contribution in [0.25, 0.3) is 0 Å². The lowest BCUT2D eigenvalue weighted by Crippen LogP contribution is -2.32. The molecule has 156 valence electrons. The van der Waals surface area contributed by atoms with Crippen LogP contribution in [0.3, 0.4) is 0 Å². The van der Waals surface area contributed by atoms with E-state index < -0.39 is 17.8 Å². The monoisotopic (exact) mass is 435 g/mol. The largest absolute Gasteiger partial charge is 0.423 e. The van der Waals surface area contributed by atoms with E-state index in [-0.39, 0.29) is 0 Å². The molecule has 0 aliphatic carbocycles. The lowest BCUT2D eigenvalue weighted by molar-refractivity contribution is -0.136. The van der Waals surface area contributed by atoms with Crippen LogP contribution >= 0.6 is 11.6 Å². The molecule has 0 aliphatic heterocycles. The number of ether oxygens (including phenoxy) is 1. The Kier molecular flexibility index (Phi) is 7.13. The minimum atomic E-state index is -0.960. The van der Waals surface area contributed by atoms with Crippen molar-refractivity contribution in [2.45, 2.75) is 6.92 Å². The van der Waals surface area contributed by atoms with Gasteiger partial charge in [-0.15, -0.1) is 0 Å². The molecule has 0 aliphatic rings. The van der Waals surface area contributed by atoms with Gasteiger partial charge in [-0.2, -0.15) is 5.10 Å². The molecule has 3 rings (SSSR count). The van der Waals surface area contributed by atoms with Crippen LogP contribution in [0, 0.1) is 6.92 Å². The summed E-state index contributed by atoms with van der Waals surface area (Å²) in [5.74, 6) is -2.03. The fourth-order valence-electron chi connectivity index (χ4n) is 2.58. The number of anilines is 1. The molecular formula is C23H18ClN3O4. The average molecular weight is 436 g/mol. The fraction of sp³-hybridized carbons (Fsp3) is 0.0435. The number of para-hydroxylation sites is 1. The van der Waals surface area contributed by atoms with Crippen molar-refractivity contribution in [2.75, 3.05) is 5.32 Å². The number of aryl methyl sites for hydroxylation is 1. The summed E-state index contributed by atoms with van der Waals surface area (Å²) in [4.78, 5) is 36.2. The topological polar surface area (TPSA) is 96.9 Å². The lowest BCUT2D eigenvalue weighted by atomic mass is 10.1. The molecule has 0 fully saturated rings. The third-order valence-electron chi connectivity index (χ3n) is 4.14. The molecule has 8 heteroatoms. The molecule has 3 aromatic carbocycles. The van der Waals surface area contributed by atoms with E-state index in [1.807, 2.05) is 19.1 Å². The predicted molar refractivity (Wildman–Crippen MR) is 118 cm³/mol. The minimum absolute atomic E-state index is 0.309. The summed E-state index contributed by atoms with van der Waals surface area (Å²) in [6.45, 7) is 1.82. The molecule has 0 spiro atoms. The van der Waals surface area contributed by atoms with Crippen molar-refractivity contribution in [3.8, 4) is 5.75 Å². The van der Waals surface area contributed by atoms with E-state index in [2.05, 4.69) is 15.8 Å². The zero-order chi connectivity index (χ0) is 22.2. The van der Waals surface area contributed by atoms with Gasteiger partial charge in [0.15, 0.2) is 0 Å². The maximum Gasteiger partial charge on any atom is 0.343 e. The van der Waals surface area contributed by atoms with Crippen LogP contribution in [-0.4, -0.2) is 24.0 Å². The third-order valence-corrected chi connectivity index (χ3v) is 4.47. The van der Waals surface area contributed by atoms with Gasteiger partial charge in [0.25, 0.3) is 0 Å². The molecule has 0 bridgehead atoms. The second-order valence-corrected chi connectivity index (χ2v) is 6.82. The highest BCUT2D eigenvalue weighted by atomic mass is 35.5. The summed E-state index contributed by atoms with van der Waals surface area (Å²) in [5, 5.41) is 6.46. The average Bonchev–Trinajstić information content (AvgIpc) is 2.75. The Morgan fingerprint density at radius 2 is 1.68 bits per heavy atom. The van der Waals surface area contributed by atoms with E-state index in [1.54, 1.807) is 60.7 Å². The minimum Gasteiger partial charge on any atom is -0.423 e. The molecule has 0 heterocycles. The van der Waals surface area contributed by atoms with Crippen molar-refractivity contribution in [2.24, 2.45) is 5.10 Å². The van der Waals surface area contributed by atoms with E-state index in [0.717, 1.165) is 5.56 Å². The van der Waals surface area contributed by atoms with Gasteiger partial charge in [-0.3, -0.25) is 9.59 Å². The molecule has 2 amide bonds. The number of halogens is 1. The Balaban J connectivity index is 1.58.